The number of esters is 1. The summed E-state index contributed by atoms with van der Waals surface area (Å²) in [6.45, 7) is 6.22. The number of amides is 1. The van der Waals surface area contributed by atoms with E-state index < -0.39 is 0 Å². The van der Waals surface area contributed by atoms with Gasteiger partial charge in [0.1, 0.15) is 0 Å². The Morgan fingerprint density at radius 2 is 1.79 bits per heavy atom. The van der Waals surface area contributed by atoms with Crippen LogP contribution >= 0.6 is 0 Å². The van der Waals surface area contributed by atoms with Crippen molar-refractivity contribution >= 4 is 11.9 Å². The topological polar surface area (TPSA) is 73.2 Å². The van der Waals surface area contributed by atoms with Gasteiger partial charge in [-0.3, -0.25) is 9.59 Å². The summed E-state index contributed by atoms with van der Waals surface area (Å²) in [5, 5.41) is 7.79. The van der Waals surface area contributed by atoms with Crippen LogP contribution in [0.4, 0.5) is 0 Å². The minimum atomic E-state index is -0.223. The fourth-order valence-corrected chi connectivity index (χ4v) is 4.04. The minimum Gasteiger partial charge on any atom is -0.469 e. The van der Waals surface area contributed by atoms with Crippen LogP contribution in [0.15, 0.2) is 24.3 Å². The molecule has 0 bridgehead atoms. The third-order valence-electron chi connectivity index (χ3n) is 5.97. The van der Waals surface area contributed by atoms with Gasteiger partial charge >= 0.3 is 5.97 Å². The number of nitrogens with one attached hydrogen (secondary N) is 1. The summed E-state index contributed by atoms with van der Waals surface area (Å²) < 4.78 is 6.60. The molecule has 1 aliphatic carbocycles. The molecule has 1 amide bonds. The molecule has 6 heteroatoms. The van der Waals surface area contributed by atoms with Crippen molar-refractivity contribution in [2.24, 2.45) is 5.92 Å². The second kappa shape index (κ2) is 9.25. The van der Waals surface area contributed by atoms with Crippen LogP contribution in [0.1, 0.15) is 66.3 Å². The summed E-state index contributed by atoms with van der Waals surface area (Å²) in [6, 6.07) is 7.82. The predicted octanol–water partition coefficient (Wildman–Crippen LogP) is 3.90. The number of benzene rings is 1. The highest BCUT2D eigenvalue weighted by atomic mass is 16.5. The molecule has 1 saturated carbocycles. The molecule has 1 aromatic carbocycles. The molecule has 156 valence electrons. The lowest BCUT2D eigenvalue weighted by molar-refractivity contribution is -0.140. The van der Waals surface area contributed by atoms with Crippen molar-refractivity contribution in [2.45, 2.75) is 65.3 Å². The average Bonchev–Trinajstić information content (AvgIpc) is 3.01. The van der Waals surface area contributed by atoms with Crippen molar-refractivity contribution in [3.05, 3.63) is 46.8 Å². The second-order valence-electron chi connectivity index (χ2n) is 8.11. The lowest BCUT2D eigenvalue weighted by atomic mass is 9.87. The Balaban J connectivity index is 1.68. The molecule has 6 nitrogen and oxygen atoms in total. The zero-order valence-electron chi connectivity index (χ0n) is 17.8. The normalized spacial score (nSPS) is 19.0. The highest BCUT2D eigenvalue weighted by Gasteiger charge is 2.20. The highest BCUT2D eigenvalue weighted by molar-refractivity contribution is 5.94. The van der Waals surface area contributed by atoms with Gasteiger partial charge in [-0.2, -0.15) is 5.10 Å². The maximum absolute atomic E-state index is 12.6. The zero-order valence-corrected chi connectivity index (χ0v) is 17.8. The Morgan fingerprint density at radius 1 is 1.14 bits per heavy atom. The first kappa shape index (κ1) is 21.1. The fraction of sp³-hybridized carbons (Fsp3) is 0.522. The van der Waals surface area contributed by atoms with E-state index in [-0.39, 0.29) is 17.9 Å². The third-order valence-corrected chi connectivity index (χ3v) is 5.97. The van der Waals surface area contributed by atoms with Crippen molar-refractivity contribution in [3.63, 3.8) is 0 Å². The van der Waals surface area contributed by atoms with Crippen LogP contribution in [-0.4, -0.2) is 34.8 Å². The molecule has 29 heavy (non-hydrogen) atoms. The van der Waals surface area contributed by atoms with E-state index in [4.69, 9.17) is 4.74 Å². The molecule has 2 aromatic rings. The number of ether oxygens (including phenoxy) is 1. The molecule has 3 rings (SSSR count). The molecular formula is C23H31N3O3. The molecule has 0 saturated heterocycles. The van der Waals surface area contributed by atoms with Gasteiger partial charge in [-0.05, 0) is 81.7 Å². The smallest absolute Gasteiger partial charge is 0.305 e. The van der Waals surface area contributed by atoms with Crippen LogP contribution < -0.4 is 5.32 Å². The van der Waals surface area contributed by atoms with Crippen molar-refractivity contribution in [1.29, 1.82) is 0 Å². The molecule has 1 aliphatic rings. The second-order valence-corrected chi connectivity index (χ2v) is 8.11. The monoisotopic (exact) mass is 397 g/mol. The number of hydrogen-bond donors (Lipinski definition) is 1. The number of aryl methyl sites for hydroxylation is 1. The van der Waals surface area contributed by atoms with E-state index >= 15 is 0 Å². The lowest BCUT2D eigenvalue weighted by Gasteiger charge is -2.26. The molecule has 0 spiro atoms. The number of rotatable bonds is 6. The number of nitrogens with zero attached hydrogens (tertiary/aromatic N) is 2. The predicted molar refractivity (Wildman–Crippen MR) is 112 cm³/mol. The summed E-state index contributed by atoms with van der Waals surface area (Å²) in [6.07, 6.45) is 5.42. The van der Waals surface area contributed by atoms with E-state index in [1.165, 1.54) is 20.0 Å². The van der Waals surface area contributed by atoms with Crippen LogP contribution in [0.3, 0.4) is 0 Å². The van der Waals surface area contributed by atoms with Gasteiger partial charge in [0, 0.05) is 23.7 Å². The summed E-state index contributed by atoms with van der Waals surface area (Å²) in [5.74, 6) is 0.531. The van der Waals surface area contributed by atoms with E-state index in [2.05, 4.69) is 17.3 Å². The quantitative estimate of drug-likeness (QED) is 0.750. The number of carbonyl (C=O) groups excluding carboxylic acids is 2. The van der Waals surface area contributed by atoms with Crippen LogP contribution in [0.5, 0.6) is 0 Å². The molecule has 0 radical (unpaired) electrons. The van der Waals surface area contributed by atoms with Gasteiger partial charge in [0.2, 0.25) is 0 Å². The van der Waals surface area contributed by atoms with Crippen molar-refractivity contribution < 1.29 is 14.3 Å². The summed E-state index contributed by atoms with van der Waals surface area (Å²) >= 11 is 0. The van der Waals surface area contributed by atoms with E-state index in [0.29, 0.717) is 18.4 Å². The van der Waals surface area contributed by atoms with Gasteiger partial charge in [-0.1, -0.05) is 6.92 Å². The Bertz CT molecular complexity index is 862. The van der Waals surface area contributed by atoms with Crippen LogP contribution in [0.2, 0.25) is 0 Å². The zero-order chi connectivity index (χ0) is 21.0. The Kier molecular flexibility index (Phi) is 6.72. The summed E-state index contributed by atoms with van der Waals surface area (Å²) in [5.41, 5.74) is 4.53. The van der Waals surface area contributed by atoms with Gasteiger partial charge in [-0.15, -0.1) is 0 Å². The first-order chi connectivity index (χ1) is 13.9. The van der Waals surface area contributed by atoms with Gasteiger partial charge in [0.15, 0.2) is 0 Å². The summed E-state index contributed by atoms with van der Waals surface area (Å²) in [7, 11) is 1.40. The Labute approximate surface area is 172 Å². The minimum absolute atomic E-state index is 0.0109. The van der Waals surface area contributed by atoms with E-state index in [9.17, 15) is 9.59 Å². The molecule has 1 fully saturated rings. The van der Waals surface area contributed by atoms with Crippen LogP contribution in [-0.2, 0) is 16.0 Å². The van der Waals surface area contributed by atoms with Crippen molar-refractivity contribution in [2.75, 3.05) is 7.11 Å². The maximum Gasteiger partial charge on any atom is 0.305 e. The standard InChI is InChI=1S/C23H31N3O3/c1-15-5-9-19(10-6-15)24-23(28)18-7-11-20(12-8-18)26-17(3)21(16(2)25-26)13-14-22(27)29-4/h7-8,11-12,15,19H,5-6,9-10,13-14H2,1-4H3,(H,24,28). The summed E-state index contributed by atoms with van der Waals surface area (Å²) in [4.78, 5) is 24.0. The van der Waals surface area contributed by atoms with Crippen molar-refractivity contribution in [3.8, 4) is 5.69 Å². The number of aromatic nitrogens is 2. The Hall–Kier alpha value is -2.63. The maximum atomic E-state index is 12.6. The SMILES string of the molecule is COC(=O)CCc1c(C)nn(-c2ccc(C(=O)NC3CCC(C)CC3)cc2)c1C. The molecule has 0 aliphatic heterocycles. The molecule has 1 heterocycles. The van der Waals surface area contributed by atoms with E-state index in [1.54, 1.807) is 0 Å². The molecule has 1 aromatic heterocycles. The highest BCUT2D eigenvalue weighted by Crippen LogP contribution is 2.24. The molecule has 1 N–H and O–H groups in total. The van der Waals surface area contributed by atoms with E-state index in [1.807, 2.05) is 42.8 Å². The van der Waals surface area contributed by atoms with Gasteiger partial charge < -0.3 is 10.1 Å². The van der Waals surface area contributed by atoms with Gasteiger partial charge in [0.25, 0.3) is 5.91 Å². The molecule has 0 unspecified atom stereocenters. The molecular weight excluding hydrogens is 366 g/mol. The molecule has 0 atom stereocenters. The number of hydrogen-bond acceptors (Lipinski definition) is 4. The Morgan fingerprint density at radius 3 is 2.41 bits per heavy atom. The first-order valence-corrected chi connectivity index (χ1v) is 10.4. The number of carbonyl (C=O) groups is 2. The van der Waals surface area contributed by atoms with E-state index in [0.717, 1.165) is 41.4 Å². The largest absolute Gasteiger partial charge is 0.469 e. The average molecular weight is 398 g/mol. The first-order valence-electron chi connectivity index (χ1n) is 10.4. The van der Waals surface area contributed by atoms with Crippen LogP contribution in [0.25, 0.3) is 5.69 Å². The fourth-order valence-electron chi connectivity index (χ4n) is 4.04. The lowest BCUT2D eigenvalue weighted by Crippen LogP contribution is -2.37. The number of methoxy groups -OCH3 is 1. The van der Waals surface area contributed by atoms with Gasteiger partial charge in [-0.25, -0.2) is 4.68 Å². The van der Waals surface area contributed by atoms with Gasteiger partial charge in [0.05, 0.1) is 18.5 Å². The van der Waals surface area contributed by atoms with Crippen LogP contribution in [0, 0.1) is 19.8 Å². The third kappa shape index (κ3) is 5.05. The van der Waals surface area contributed by atoms with Crippen molar-refractivity contribution in [1.82, 2.24) is 15.1 Å².